The van der Waals surface area contributed by atoms with Gasteiger partial charge in [0.2, 0.25) is 0 Å². The SMILES string of the molecule is NN1CC2(CC(N(CC3CCN(F)CC3)C(O)(O)O)C2)C1. The van der Waals surface area contributed by atoms with Gasteiger partial charge in [-0.3, -0.25) is 5.84 Å². The van der Waals surface area contributed by atoms with Gasteiger partial charge in [0.1, 0.15) is 0 Å². The summed E-state index contributed by atoms with van der Waals surface area (Å²) in [4.78, 5) is 1.36. The molecule has 21 heavy (non-hydrogen) atoms. The van der Waals surface area contributed by atoms with Crippen LogP contribution in [0.5, 0.6) is 0 Å². The van der Waals surface area contributed by atoms with Gasteiger partial charge >= 0.3 is 6.10 Å². The van der Waals surface area contributed by atoms with Gasteiger partial charge in [0.15, 0.2) is 0 Å². The molecule has 0 aromatic heterocycles. The third-order valence-corrected chi connectivity index (χ3v) is 5.26. The number of hydrazine groups is 1. The van der Waals surface area contributed by atoms with Crippen LogP contribution in [0.3, 0.4) is 0 Å². The van der Waals surface area contributed by atoms with Crippen molar-refractivity contribution in [1.29, 1.82) is 0 Å². The van der Waals surface area contributed by atoms with Crippen LogP contribution in [0.4, 0.5) is 4.48 Å². The van der Waals surface area contributed by atoms with E-state index in [0.29, 0.717) is 32.5 Å². The lowest BCUT2D eigenvalue weighted by Gasteiger charge is -2.60. The second-order valence-corrected chi connectivity index (χ2v) is 7.07. The molecule has 1 aliphatic carbocycles. The second kappa shape index (κ2) is 5.38. The highest BCUT2D eigenvalue weighted by Gasteiger charge is 2.55. The zero-order valence-corrected chi connectivity index (χ0v) is 12.2. The van der Waals surface area contributed by atoms with E-state index in [0.717, 1.165) is 31.1 Å². The lowest BCUT2D eigenvalue weighted by molar-refractivity contribution is -0.411. The number of hydrogen-bond acceptors (Lipinski definition) is 7. The monoisotopic (exact) mass is 304 g/mol. The Hall–Kier alpha value is -0.350. The molecule has 3 fully saturated rings. The Kier molecular flexibility index (Phi) is 3.98. The number of nitrogens with two attached hydrogens (primary N) is 1. The first kappa shape index (κ1) is 15.5. The molecule has 3 rings (SSSR count). The number of aliphatic hydroxyl groups is 3. The molecule has 0 radical (unpaired) electrons. The third kappa shape index (κ3) is 3.21. The molecule has 1 spiro atoms. The molecule has 3 aliphatic rings. The summed E-state index contributed by atoms with van der Waals surface area (Å²) >= 11 is 0. The van der Waals surface area contributed by atoms with Gasteiger partial charge in [-0.15, -0.1) is 9.60 Å². The Labute approximate surface area is 123 Å². The van der Waals surface area contributed by atoms with E-state index in [4.69, 9.17) is 5.84 Å². The first-order valence-electron chi connectivity index (χ1n) is 7.62. The standard InChI is InChI=1S/C13H25FN4O3/c14-16-3-1-10(2-4-16)7-18(13(19,20)21)11-5-12(6-11)8-17(15)9-12/h10-11,19-21H,1-9,15H2. The van der Waals surface area contributed by atoms with Crippen LogP contribution in [-0.2, 0) is 0 Å². The molecule has 0 aromatic rings. The maximum absolute atomic E-state index is 13.0. The van der Waals surface area contributed by atoms with Gasteiger partial charge in [-0.05, 0) is 31.6 Å². The molecular weight excluding hydrogens is 279 g/mol. The minimum atomic E-state index is -2.80. The Balaban J connectivity index is 1.55. The van der Waals surface area contributed by atoms with Gasteiger partial charge in [0.25, 0.3) is 0 Å². The fourth-order valence-electron chi connectivity index (χ4n) is 4.11. The van der Waals surface area contributed by atoms with Crippen LogP contribution in [-0.4, -0.2) is 75.2 Å². The summed E-state index contributed by atoms with van der Waals surface area (Å²) < 4.78 is 13.0. The Bertz CT molecular complexity index is 370. The van der Waals surface area contributed by atoms with Crippen molar-refractivity contribution in [3.8, 4) is 0 Å². The molecule has 0 aromatic carbocycles. The maximum Gasteiger partial charge on any atom is 0.346 e. The summed E-state index contributed by atoms with van der Waals surface area (Å²) in [6.45, 7) is 2.76. The number of hydrogen-bond donors (Lipinski definition) is 4. The first-order chi connectivity index (χ1) is 9.77. The van der Waals surface area contributed by atoms with Crippen LogP contribution >= 0.6 is 0 Å². The summed E-state index contributed by atoms with van der Waals surface area (Å²) in [5, 5.41) is 31.4. The second-order valence-electron chi connectivity index (χ2n) is 7.07. The molecule has 0 atom stereocenters. The highest BCUT2D eigenvalue weighted by molar-refractivity contribution is 5.06. The van der Waals surface area contributed by atoms with Crippen LogP contribution in [0.1, 0.15) is 25.7 Å². The van der Waals surface area contributed by atoms with Crippen molar-refractivity contribution in [2.24, 2.45) is 17.2 Å². The quantitative estimate of drug-likeness (QED) is 0.295. The summed E-state index contributed by atoms with van der Waals surface area (Å²) in [5.41, 5.74) is 0.186. The Morgan fingerprint density at radius 3 is 2.24 bits per heavy atom. The van der Waals surface area contributed by atoms with Crippen molar-refractivity contribution in [2.75, 3.05) is 32.7 Å². The average Bonchev–Trinajstić information content (AvgIpc) is 2.30. The molecule has 2 aliphatic heterocycles. The van der Waals surface area contributed by atoms with E-state index >= 15 is 0 Å². The Morgan fingerprint density at radius 1 is 1.19 bits per heavy atom. The van der Waals surface area contributed by atoms with E-state index in [1.54, 1.807) is 5.01 Å². The zero-order chi connectivity index (χ0) is 15.3. The molecule has 8 heteroatoms. The third-order valence-electron chi connectivity index (χ3n) is 5.26. The molecule has 0 unspecified atom stereocenters. The maximum atomic E-state index is 13.0. The van der Waals surface area contributed by atoms with E-state index in [9.17, 15) is 19.8 Å². The molecule has 0 bridgehead atoms. The molecule has 1 saturated carbocycles. The fourth-order valence-corrected chi connectivity index (χ4v) is 4.11. The predicted molar refractivity (Wildman–Crippen MR) is 72.7 cm³/mol. The van der Waals surface area contributed by atoms with Crippen LogP contribution in [0.15, 0.2) is 0 Å². The van der Waals surface area contributed by atoms with Gasteiger partial charge in [0, 0.05) is 44.2 Å². The average molecular weight is 304 g/mol. The van der Waals surface area contributed by atoms with E-state index in [-0.39, 0.29) is 17.4 Å². The van der Waals surface area contributed by atoms with E-state index in [1.807, 2.05) is 0 Å². The van der Waals surface area contributed by atoms with Crippen LogP contribution in [0, 0.1) is 11.3 Å². The number of piperidine rings is 1. The van der Waals surface area contributed by atoms with Crippen LogP contribution < -0.4 is 5.84 Å². The van der Waals surface area contributed by atoms with Crippen molar-refractivity contribution in [3.05, 3.63) is 0 Å². The van der Waals surface area contributed by atoms with Crippen molar-refractivity contribution < 1.29 is 19.8 Å². The van der Waals surface area contributed by atoms with Gasteiger partial charge in [-0.1, -0.05) is 0 Å². The highest BCUT2D eigenvalue weighted by atomic mass is 19.2. The normalized spacial score (nSPS) is 28.9. The number of nitrogens with zero attached hydrogens (tertiary/aromatic N) is 3. The largest absolute Gasteiger partial charge is 0.346 e. The van der Waals surface area contributed by atoms with Crippen molar-refractivity contribution >= 4 is 0 Å². The summed E-state index contributed by atoms with van der Waals surface area (Å²) in [6.07, 6.45) is 0.151. The summed E-state index contributed by atoms with van der Waals surface area (Å²) in [6, 6.07) is -0.0536. The minimum absolute atomic E-state index is 0.0536. The number of halogens is 1. The molecule has 7 nitrogen and oxygen atoms in total. The Morgan fingerprint density at radius 2 is 1.76 bits per heavy atom. The van der Waals surface area contributed by atoms with Crippen LogP contribution in [0.2, 0.25) is 0 Å². The van der Waals surface area contributed by atoms with Crippen molar-refractivity contribution in [2.45, 2.75) is 37.8 Å². The van der Waals surface area contributed by atoms with E-state index in [2.05, 4.69) is 0 Å². The highest BCUT2D eigenvalue weighted by Crippen LogP contribution is 2.50. The molecule has 2 saturated heterocycles. The topological polar surface area (TPSA) is 96.4 Å². The van der Waals surface area contributed by atoms with E-state index < -0.39 is 6.10 Å². The summed E-state index contributed by atoms with van der Waals surface area (Å²) in [7, 11) is 0. The fraction of sp³-hybridized carbons (Fsp3) is 1.00. The van der Waals surface area contributed by atoms with Crippen molar-refractivity contribution in [1.82, 2.24) is 15.0 Å². The molecular formula is C13H25FN4O3. The number of rotatable bonds is 4. The van der Waals surface area contributed by atoms with Gasteiger partial charge in [-0.2, -0.15) is 0 Å². The summed E-state index contributed by atoms with van der Waals surface area (Å²) in [5.74, 6) is 5.84. The molecule has 2 heterocycles. The minimum Gasteiger partial charge on any atom is -0.330 e. The lowest BCUT2D eigenvalue weighted by atomic mass is 9.60. The van der Waals surface area contributed by atoms with Crippen LogP contribution in [0.25, 0.3) is 0 Å². The van der Waals surface area contributed by atoms with Gasteiger partial charge in [0.05, 0.1) is 0 Å². The first-order valence-corrected chi connectivity index (χ1v) is 7.62. The van der Waals surface area contributed by atoms with Gasteiger partial charge in [-0.25, -0.2) is 9.91 Å². The van der Waals surface area contributed by atoms with E-state index in [1.165, 1.54) is 4.90 Å². The zero-order valence-electron chi connectivity index (χ0n) is 12.2. The van der Waals surface area contributed by atoms with Gasteiger partial charge < -0.3 is 15.3 Å². The smallest absolute Gasteiger partial charge is 0.330 e. The molecule has 122 valence electrons. The van der Waals surface area contributed by atoms with Crippen molar-refractivity contribution in [3.63, 3.8) is 0 Å². The predicted octanol–water partition coefficient (Wildman–Crippen LogP) is -1.19. The molecule has 0 amide bonds. The lowest BCUT2D eigenvalue weighted by Crippen LogP contribution is -2.70. The molecule has 5 N–H and O–H groups in total.